The summed E-state index contributed by atoms with van der Waals surface area (Å²) in [5.41, 5.74) is 8.02. The SMILES string of the molecule is NC1CCN(C(=O)c2ccc(C3CCC4(CC3)OOC3(OO4)C4CC5CC(C4)CC3C5)cc2)CC1. The van der Waals surface area contributed by atoms with Crippen LogP contribution >= 0.6 is 0 Å². The van der Waals surface area contributed by atoms with Crippen LogP contribution in [0.2, 0.25) is 0 Å². The number of rotatable bonds is 2. The van der Waals surface area contributed by atoms with Crippen molar-refractivity contribution in [2.45, 2.75) is 94.2 Å². The quantitative estimate of drug-likeness (QED) is 0.617. The first-order valence-corrected chi connectivity index (χ1v) is 13.9. The average Bonchev–Trinajstić information content (AvgIpc) is 2.89. The highest BCUT2D eigenvalue weighted by Crippen LogP contribution is 2.62. The van der Waals surface area contributed by atoms with Gasteiger partial charge in [0.1, 0.15) is 0 Å². The fourth-order valence-corrected chi connectivity index (χ4v) is 8.16. The van der Waals surface area contributed by atoms with Gasteiger partial charge in [0.05, 0.1) is 0 Å². The number of hydrogen-bond acceptors (Lipinski definition) is 6. The molecule has 2 spiro atoms. The van der Waals surface area contributed by atoms with E-state index in [1.807, 2.05) is 17.0 Å². The molecule has 7 fully saturated rings. The van der Waals surface area contributed by atoms with Gasteiger partial charge in [-0.25, -0.2) is 0 Å². The summed E-state index contributed by atoms with van der Waals surface area (Å²) in [7, 11) is 0. The second kappa shape index (κ2) is 8.52. The van der Waals surface area contributed by atoms with Crippen molar-refractivity contribution in [3.05, 3.63) is 35.4 Å². The Bertz CT molecular complexity index is 909. The second-order valence-electron chi connectivity index (χ2n) is 12.3. The molecule has 0 atom stereocenters. The number of likely N-dealkylation sites (tertiary alicyclic amines) is 1. The van der Waals surface area contributed by atoms with Gasteiger partial charge >= 0.3 is 0 Å². The van der Waals surface area contributed by atoms with Crippen LogP contribution in [0.1, 0.15) is 92.5 Å². The van der Waals surface area contributed by atoms with Crippen molar-refractivity contribution >= 4 is 5.91 Å². The molecule has 190 valence electrons. The number of amides is 1. The predicted molar refractivity (Wildman–Crippen MR) is 128 cm³/mol. The first-order valence-electron chi connectivity index (χ1n) is 13.9. The summed E-state index contributed by atoms with van der Waals surface area (Å²) in [4.78, 5) is 39.3. The molecule has 1 aromatic rings. The first kappa shape index (κ1) is 22.7. The molecule has 35 heavy (non-hydrogen) atoms. The van der Waals surface area contributed by atoms with E-state index in [2.05, 4.69) is 12.1 Å². The molecule has 7 heteroatoms. The highest BCUT2D eigenvalue weighted by Gasteiger charge is 2.64. The zero-order valence-corrected chi connectivity index (χ0v) is 20.5. The van der Waals surface area contributed by atoms with E-state index in [9.17, 15) is 4.79 Å². The lowest BCUT2D eigenvalue weighted by atomic mass is 9.53. The van der Waals surface area contributed by atoms with E-state index < -0.39 is 11.6 Å². The number of piperidine rings is 1. The molecule has 2 N–H and O–H groups in total. The van der Waals surface area contributed by atoms with Gasteiger partial charge in [0.2, 0.25) is 11.6 Å². The third kappa shape index (κ3) is 3.86. The Morgan fingerprint density at radius 2 is 1.37 bits per heavy atom. The van der Waals surface area contributed by atoms with Crippen LogP contribution < -0.4 is 5.73 Å². The lowest BCUT2D eigenvalue weighted by molar-refractivity contribution is -0.680. The minimum Gasteiger partial charge on any atom is -0.339 e. The summed E-state index contributed by atoms with van der Waals surface area (Å²) >= 11 is 0. The number of nitrogens with two attached hydrogens (primary N) is 1. The molecule has 2 aliphatic heterocycles. The Morgan fingerprint density at radius 3 is 1.94 bits per heavy atom. The van der Waals surface area contributed by atoms with Crippen LogP contribution in [0.25, 0.3) is 0 Å². The summed E-state index contributed by atoms with van der Waals surface area (Å²) in [6, 6.07) is 8.41. The summed E-state index contributed by atoms with van der Waals surface area (Å²) in [6.07, 6.45) is 11.2. The zero-order chi connectivity index (χ0) is 23.6. The average molecular weight is 483 g/mol. The van der Waals surface area contributed by atoms with Gasteiger partial charge in [-0.05, 0) is 93.2 Å². The van der Waals surface area contributed by atoms with Gasteiger partial charge in [0.25, 0.3) is 5.91 Å². The number of benzene rings is 1. The van der Waals surface area contributed by atoms with Crippen LogP contribution in [0.5, 0.6) is 0 Å². The Hall–Kier alpha value is -1.51. The van der Waals surface area contributed by atoms with Gasteiger partial charge in [-0.3, -0.25) is 4.79 Å². The topological polar surface area (TPSA) is 83.3 Å². The summed E-state index contributed by atoms with van der Waals surface area (Å²) in [6.45, 7) is 1.50. The monoisotopic (exact) mass is 482 g/mol. The molecule has 7 aliphatic rings. The molecule has 1 aromatic carbocycles. The molecule has 4 bridgehead atoms. The molecule has 0 unspecified atom stereocenters. The zero-order valence-electron chi connectivity index (χ0n) is 20.5. The largest absolute Gasteiger partial charge is 0.339 e. The van der Waals surface area contributed by atoms with Crippen molar-refractivity contribution in [2.24, 2.45) is 29.4 Å². The normalized spacial score (nSPS) is 43.2. The molecule has 7 nitrogen and oxygen atoms in total. The first-order chi connectivity index (χ1) is 17.0. The fourth-order valence-electron chi connectivity index (χ4n) is 8.16. The minimum absolute atomic E-state index is 0.114. The number of nitrogens with zero attached hydrogens (tertiary/aromatic N) is 1. The Kier molecular flexibility index (Phi) is 5.52. The third-order valence-electron chi connectivity index (χ3n) is 10.1. The molecular formula is C28H38N2O5. The predicted octanol–water partition coefficient (Wildman–Crippen LogP) is 4.67. The smallest absolute Gasteiger partial charge is 0.253 e. The molecule has 2 saturated heterocycles. The maximum Gasteiger partial charge on any atom is 0.253 e. The third-order valence-corrected chi connectivity index (χ3v) is 10.1. The van der Waals surface area contributed by atoms with Gasteiger partial charge < -0.3 is 10.6 Å². The van der Waals surface area contributed by atoms with Crippen LogP contribution in [-0.2, 0) is 19.6 Å². The van der Waals surface area contributed by atoms with Crippen LogP contribution in [0, 0.1) is 23.7 Å². The van der Waals surface area contributed by atoms with Crippen molar-refractivity contribution in [2.75, 3.05) is 13.1 Å². The molecule has 0 aromatic heterocycles. The van der Waals surface area contributed by atoms with Crippen LogP contribution in [-0.4, -0.2) is 41.5 Å². The van der Waals surface area contributed by atoms with Crippen molar-refractivity contribution in [3.63, 3.8) is 0 Å². The summed E-state index contributed by atoms with van der Waals surface area (Å²) in [5.74, 6) is 1.53. The standard InChI is InChI=1S/C28H38N2O5/c29-25-7-11-30(12-8-25)26(31)22-3-1-20(2-4-22)21-5-9-27(10-6-21)32-34-28(35-33-27)23-14-18-13-19(16-23)17-24(28)15-18/h1-4,18-19,21,23-25H,5-17,29H2. The lowest BCUT2D eigenvalue weighted by Gasteiger charge is -2.60. The molecule has 5 aliphatic carbocycles. The van der Waals surface area contributed by atoms with Gasteiger partial charge in [-0.1, -0.05) is 12.1 Å². The van der Waals surface area contributed by atoms with E-state index >= 15 is 0 Å². The van der Waals surface area contributed by atoms with Gasteiger partial charge in [-0.2, -0.15) is 19.6 Å². The van der Waals surface area contributed by atoms with Crippen LogP contribution in [0.4, 0.5) is 0 Å². The van der Waals surface area contributed by atoms with E-state index in [1.165, 1.54) is 37.7 Å². The summed E-state index contributed by atoms with van der Waals surface area (Å²) < 4.78 is 0. The van der Waals surface area contributed by atoms with E-state index in [1.54, 1.807) is 0 Å². The van der Waals surface area contributed by atoms with Crippen molar-refractivity contribution in [1.29, 1.82) is 0 Å². The summed E-state index contributed by atoms with van der Waals surface area (Å²) in [5, 5.41) is 0. The maximum atomic E-state index is 12.8. The highest BCUT2D eigenvalue weighted by molar-refractivity contribution is 5.94. The maximum absolute atomic E-state index is 12.8. The Morgan fingerprint density at radius 1 is 0.800 bits per heavy atom. The Balaban J connectivity index is 0.954. The lowest BCUT2D eigenvalue weighted by Crippen LogP contribution is -2.64. The molecule has 8 rings (SSSR count). The van der Waals surface area contributed by atoms with E-state index in [0.29, 0.717) is 17.8 Å². The van der Waals surface area contributed by atoms with Crippen molar-refractivity contribution in [3.8, 4) is 0 Å². The van der Waals surface area contributed by atoms with E-state index in [4.69, 9.17) is 25.3 Å². The van der Waals surface area contributed by atoms with E-state index in [-0.39, 0.29) is 11.9 Å². The molecule has 5 saturated carbocycles. The number of carbonyl (C=O) groups is 1. The van der Waals surface area contributed by atoms with E-state index in [0.717, 1.165) is 69.0 Å². The molecule has 2 heterocycles. The van der Waals surface area contributed by atoms with Crippen LogP contribution in [0.3, 0.4) is 0 Å². The molecule has 0 radical (unpaired) electrons. The highest BCUT2D eigenvalue weighted by atomic mass is 17.4. The number of carbonyl (C=O) groups excluding carboxylic acids is 1. The fraction of sp³-hybridized carbons (Fsp3) is 0.750. The van der Waals surface area contributed by atoms with Crippen molar-refractivity contribution in [1.82, 2.24) is 4.90 Å². The molecular weight excluding hydrogens is 444 g/mol. The minimum atomic E-state index is -0.790. The Labute approximate surface area is 207 Å². The van der Waals surface area contributed by atoms with Gasteiger partial charge in [0.15, 0.2) is 0 Å². The number of hydrogen-bond donors (Lipinski definition) is 1. The van der Waals surface area contributed by atoms with Gasteiger partial charge in [-0.15, -0.1) is 0 Å². The second-order valence-corrected chi connectivity index (χ2v) is 12.3. The van der Waals surface area contributed by atoms with Crippen molar-refractivity contribution < 1.29 is 24.3 Å². The molecule has 1 amide bonds. The van der Waals surface area contributed by atoms with Crippen LogP contribution in [0.15, 0.2) is 24.3 Å². The van der Waals surface area contributed by atoms with Gasteiger partial charge in [0, 0.05) is 49.4 Å².